The molecule has 0 bridgehead atoms. The molecular formula is C21H21NO3. The van der Waals surface area contributed by atoms with Gasteiger partial charge in [0.15, 0.2) is 17.3 Å². The molecule has 2 N–H and O–H groups in total. The van der Waals surface area contributed by atoms with Crippen molar-refractivity contribution in [2.45, 2.75) is 25.7 Å². The predicted octanol–water partition coefficient (Wildman–Crippen LogP) is 3.91. The van der Waals surface area contributed by atoms with Crippen LogP contribution in [-0.4, -0.2) is 29.1 Å². The minimum absolute atomic E-state index is 0.0783. The van der Waals surface area contributed by atoms with Crippen molar-refractivity contribution in [3.05, 3.63) is 58.7 Å². The minimum atomic E-state index is -0.185. The van der Waals surface area contributed by atoms with E-state index >= 15 is 0 Å². The molecule has 2 aliphatic rings. The molecule has 2 aromatic rings. The molecule has 25 heavy (non-hydrogen) atoms. The van der Waals surface area contributed by atoms with E-state index in [0.717, 1.165) is 18.7 Å². The molecule has 1 aliphatic heterocycles. The lowest BCUT2D eigenvalue weighted by atomic mass is 10.1. The van der Waals surface area contributed by atoms with Crippen LogP contribution in [0.25, 0.3) is 6.08 Å². The first-order valence-corrected chi connectivity index (χ1v) is 8.77. The summed E-state index contributed by atoms with van der Waals surface area (Å²) in [4.78, 5) is 14.9. The second-order valence-corrected chi connectivity index (χ2v) is 6.77. The number of benzene rings is 2. The third-order valence-corrected chi connectivity index (χ3v) is 5.12. The summed E-state index contributed by atoms with van der Waals surface area (Å²) < 4.78 is 0. The third kappa shape index (κ3) is 2.88. The molecule has 1 saturated heterocycles. The van der Waals surface area contributed by atoms with Crippen molar-refractivity contribution in [2.75, 3.05) is 18.0 Å². The summed E-state index contributed by atoms with van der Waals surface area (Å²) in [6.45, 7) is 2.22. The maximum Gasteiger partial charge on any atom is 0.189 e. The molecule has 0 spiro atoms. The van der Waals surface area contributed by atoms with Crippen LogP contribution in [0.1, 0.15) is 40.7 Å². The van der Waals surface area contributed by atoms with Crippen LogP contribution in [0.15, 0.2) is 42.0 Å². The first kappa shape index (κ1) is 15.8. The molecule has 4 heteroatoms. The Morgan fingerprint density at radius 2 is 1.64 bits per heavy atom. The molecule has 0 atom stereocenters. The maximum absolute atomic E-state index is 12.5. The van der Waals surface area contributed by atoms with Crippen LogP contribution in [-0.2, 0) is 6.42 Å². The van der Waals surface area contributed by atoms with E-state index in [9.17, 15) is 15.0 Å². The number of nitrogens with zero attached hydrogens (tertiary/aromatic N) is 1. The van der Waals surface area contributed by atoms with Gasteiger partial charge in [0.2, 0.25) is 0 Å². The van der Waals surface area contributed by atoms with E-state index in [4.69, 9.17) is 0 Å². The molecule has 0 saturated carbocycles. The summed E-state index contributed by atoms with van der Waals surface area (Å²) in [6.07, 6.45) is 6.02. The molecular weight excluding hydrogens is 314 g/mol. The fourth-order valence-corrected chi connectivity index (χ4v) is 3.71. The number of carbonyl (C=O) groups is 1. The zero-order valence-corrected chi connectivity index (χ0v) is 14.0. The summed E-state index contributed by atoms with van der Waals surface area (Å²) in [5.41, 5.74) is 3.83. The van der Waals surface area contributed by atoms with Gasteiger partial charge in [-0.05, 0) is 55.2 Å². The number of fused-ring (bicyclic) bond motifs is 1. The van der Waals surface area contributed by atoms with Crippen molar-refractivity contribution < 1.29 is 15.0 Å². The molecule has 2 aromatic carbocycles. The van der Waals surface area contributed by atoms with Crippen LogP contribution in [0.4, 0.5) is 5.69 Å². The van der Waals surface area contributed by atoms with Crippen molar-refractivity contribution in [1.29, 1.82) is 0 Å². The highest BCUT2D eigenvalue weighted by Gasteiger charge is 2.28. The fraction of sp³-hybridized carbons (Fsp3) is 0.286. The number of hydrogen-bond acceptors (Lipinski definition) is 4. The van der Waals surface area contributed by atoms with Gasteiger partial charge in [0.25, 0.3) is 0 Å². The van der Waals surface area contributed by atoms with Gasteiger partial charge in [-0.1, -0.05) is 12.1 Å². The number of carbonyl (C=O) groups excluding carboxylic acids is 1. The van der Waals surface area contributed by atoms with E-state index in [1.165, 1.54) is 31.0 Å². The Morgan fingerprint density at radius 1 is 0.920 bits per heavy atom. The summed E-state index contributed by atoms with van der Waals surface area (Å²) >= 11 is 0. The quantitative estimate of drug-likeness (QED) is 0.645. The molecule has 0 amide bonds. The Bertz CT molecular complexity index is 846. The average molecular weight is 335 g/mol. The van der Waals surface area contributed by atoms with Crippen LogP contribution >= 0.6 is 0 Å². The molecule has 0 unspecified atom stereocenters. The van der Waals surface area contributed by atoms with Gasteiger partial charge in [0.05, 0.1) is 0 Å². The van der Waals surface area contributed by atoms with E-state index in [1.54, 1.807) is 6.07 Å². The van der Waals surface area contributed by atoms with Crippen molar-refractivity contribution in [2.24, 2.45) is 0 Å². The number of ketones is 1. The average Bonchev–Trinajstić information content (AvgIpc) is 2.96. The van der Waals surface area contributed by atoms with Crippen molar-refractivity contribution in [3.8, 4) is 11.5 Å². The molecule has 4 rings (SSSR count). The van der Waals surface area contributed by atoms with Crippen LogP contribution in [0.3, 0.4) is 0 Å². The van der Waals surface area contributed by atoms with Gasteiger partial charge in [0, 0.05) is 41.9 Å². The number of hydrogen-bond donors (Lipinski definition) is 2. The number of phenols is 2. The maximum atomic E-state index is 12.5. The topological polar surface area (TPSA) is 60.8 Å². The van der Waals surface area contributed by atoms with E-state index in [-0.39, 0.29) is 17.3 Å². The third-order valence-electron chi connectivity index (χ3n) is 5.12. The van der Waals surface area contributed by atoms with E-state index < -0.39 is 0 Å². The molecule has 1 heterocycles. The summed E-state index contributed by atoms with van der Waals surface area (Å²) in [5, 5.41) is 19.6. The zero-order chi connectivity index (χ0) is 17.4. The zero-order valence-electron chi connectivity index (χ0n) is 14.0. The van der Waals surface area contributed by atoms with Crippen LogP contribution in [0, 0.1) is 0 Å². The highest BCUT2D eigenvalue weighted by atomic mass is 16.3. The van der Waals surface area contributed by atoms with Gasteiger partial charge < -0.3 is 15.1 Å². The van der Waals surface area contributed by atoms with Crippen molar-refractivity contribution >= 4 is 17.5 Å². The Morgan fingerprint density at radius 3 is 2.36 bits per heavy atom. The number of piperidine rings is 1. The number of allylic oxidation sites excluding steroid dienone is 1. The molecule has 0 radical (unpaired) electrons. The molecule has 128 valence electrons. The van der Waals surface area contributed by atoms with Gasteiger partial charge in [-0.15, -0.1) is 0 Å². The Balaban J connectivity index is 1.57. The largest absolute Gasteiger partial charge is 0.504 e. The van der Waals surface area contributed by atoms with Gasteiger partial charge >= 0.3 is 0 Å². The summed E-state index contributed by atoms with van der Waals surface area (Å²) in [6, 6.07) is 11.2. The number of anilines is 1. The van der Waals surface area contributed by atoms with Crippen LogP contribution in [0.5, 0.6) is 11.5 Å². The van der Waals surface area contributed by atoms with Crippen LogP contribution in [0.2, 0.25) is 0 Å². The molecule has 1 aliphatic carbocycles. The minimum Gasteiger partial charge on any atom is -0.504 e. The highest BCUT2D eigenvalue weighted by molar-refractivity contribution is 6.16. The van der Waals surface area contributed by atoms with Gasteiger partial charge in [-0.2, -0.15) is 0 Å². The highest BCUT2D eigenvalue weighted by Crippen LogP contribution is 2.39. The molecule has 1 fully saturated rings. The Kier molecular flexibility index (Phi) is 3.96. The van der Waals surface area contributed by atoms with Gasteiger partial charge in [-0.3, -0.25) is 4.79 Å². The second kappa shape index (κ2) is 6.28. The second-order valence-electron chi connectivity index (χ2n) is 6.77. The lowest BCUT2D eigenvalue weighted by Crippen LogP contribution is -2.29. The predicted molar refractivity (Wildman–Crippen MR) is 98.3 cm³/mol. The van der Waals surface area contributed by atoms with E-state index in [2.05, 4.69) is 17.0 Å². The monoisotopic (exact) mass is 335 g/mol. The van der Waals surface area contributed by atoms with Gasteiger partial charge in [0.1, 0.15) is 0 Å². The van der Waals surface area contributed by atoms with E-state index in [0.29, 0.717) is 23.1 Å². The summed E-state index contributed by atoms with van der Waals surface area (Å²) in [7, 11) is 0. The number of aromatic hydroxyl groups is 2. The normalized spacial score (nSPS) is 18.6. The SMILES string of the molecule is O=C1C(=Cc2ccc(N3CCCCC3)cc2)Cc2c1ccc(O)c2O. The molecule has 0 aromatic heterocycles. The lowest BCUT2D eigenvalue weighted by molar-refractivity contribution is 0.104. The Labute approximate surface area is 147 Å². The Hall–Kier alpha value is -2.75. The first-order valence-electron chi connectivity index (χ1n) is 8.77. The number of Topliss-reactive ketones (excluding diaryl/α,β-unsaturated/α-hetero) is 1. The fourth-order valence-electron chi connectivity index (χ4n) is 3.71. The van der Waals surface area contributed by atoms with Crippen molar-refractivity contribution in [1.82, 2.24) is 0 Å². The first-order chi connectivity index (χ1) is 12.1. The van der Waals surface area contributed by atoms with E-state index in [1.807, 2.05) is 18.2 Å². The lowest BCUT2D eigenvalue weighted by Gasteiger charge is -2.28. The standard InChI is InChI=1S/C21H21NO3/c23-19-9-8-17-18(21(19)25)13-15(20(17)24)12-14-4-6-16(7-5-14)22-10-2-1-3-11-22/h4-9,12,23,25H,1-3,10-11,13H2. The van der Waals surface area contributed by atoms with Gasteiger partial charge in [-0.25, -0.2) is 0 Å². The number of rotatable bonds is 2. The molecule has 4 nitrogen and oxygen atoms in total. The number of phenolic OH excluding ortho intramolecular Hbond substituents is 2. The van der Waals surface area contributed by atoms with Crippen LogP contribution < -0.4 is 4.90 Å². The summed E-state index contributed by atoms with van der Waals surface area (Å²) in [5.74, 6) is -0.446. The van der Waals surface area contributed by atoms with Crippen molar-refractivity contribution in [3.63, 3.8) is 0 Å². The smallest absolute Gasteiger partial charge is 0.189 e.